The van der Waals surface area contributed by atoms with Gasteiger partial charge in [0.25, 0.3) is 11.5 Å². The van der Waals surface area contributed by atoms with Crippen LogP contribution >= 0.6 is 0 Å². The van der Waals surface area contributed by atoms with E-state index in [-0.39, 0.29) is 17.5 Å². The highest BCUT2D eigenvalue weighted by Gasteiger charge is 2.28. The molecular formula is C17H20N4O2. The molecule has 1 atom stereocenters. The number of nitrogens with one attached hydrogen (secondary N) is 1. The van der Waals surface area contributed by atoms with Gasteiger partial charge in [0.15, 0.2) is 0 Å². The monoisotopic (exact) mass is 312 g/mol. The number of amides is 1. The Labute approximate surface area is 134 Å². The number of H-pyrrole nitrogens is 1. The number of pyridine rings is 1. The van der Waals surface area contributed by atoms with Gasteiger partial charge in [-0.25, -0.2) is 4.98 Å². The Morgan fingerprint density at radius 1 is 1.30 bits per heavy atom. The van der Waals surface area contributed by atoms with E-state index in [1.54, 1.807) is 6.20 Å². The molecule has 0 radical (unpaired) electrons. The van der Waals surface area contributed by atoms with Gasteiger partial charge in [-0.05, 0) is 44.2 Å². The smallest absolute Gasteiger partial charge is 0.274 e. The molecule has 23 heavy (non-hydrogen) atoms. The van der Waals surface area contributed by atoms with Gasteiger partial charge in [-0.15, -0.1) is 0 Å². The SMILES string of the molecule is O=C(c1c[nH]c(=O)cn1)N1CCCC[C@@H]1CCc1ccccn1. The van der Waals surface area contributed by atoms with Crippen LogP contribution in [0, 0.1) is 0 Å². The van der Waals surface area contributed by atoms with Crippen molar-refractivity contribution in [2.24, 2.45) is 0 Å². The molecule has 1 N–H and O–H groups in total. The van der Waals surface area contributed by atoms with Gasteiger partial charge in [-0.3, -0.25) is 14.6 Å². The van der Waals surface area contributed by atoms with Crippen molar-refractivity contribution in [2.75, 3.05) is 6.54 Å². The average Bonchev–Trinajstić information content (AvgIpc) is 2.61. The molecule has 0 aromatic carbocycles. The highest BCUT2D eigenvalue weighted by Crippen LogP contribution is 2.22. The van der Waals surface area contributed by atoms with Gasteiger partial charge in [0, 0.05) is 30.7 Å². The van der Waals surface area contributed by atoms with Crippen molar-refractivity contribution in [3.8, 4) is 0 Å². The van der Waals surface area contributed by atoms with Gasteiger partial charge in [-0.1, -0.05) is 6.07 Å². The highest BCUT2D eigenvalue weighted by atomic mass is 16.2. The van der Waals surface area contributed by atoms with Crippen molar-refractivity contribution in [3.63, 3.8) is 0 Å². The van der Waals surface area contributed by atoms with E-state index in [1.807, 2.05) is 23.1 Å². The normalized spacial score (nSPS) is 17.9. The maximum absolute atomic E-state index is 12.7. The second-order valence-corrected chi connectivity index (χ2v) is 5.80. The largest absolute Gasteiger partial charge is 0.334 e. The number of carbonyl (C=O) groups excluding carboxylic acids is 1. The lowest BCUT2D eigenvalue weighted by molar-refractivity contribution is 0.0595. The summed E-state index contributed by atoms with van der Waals surface area (Å²) in [6, 6.07) is 6.10. The van der Waals surface area contributed by atoms with Crippen molar-refractivity contribution < 1.29 is 4.79 Å². The number of piperidine rings is 1. The second kappa shape index (κ2) is 7.17. The summed E-state index contributed by atoms with van der Waals surface area (Å²) in [7, 11) is 0. The Morgan fingerprint density at radius 3 is 2.96 bits per heavy atom. The maximum Gasteiger partial charge on any atom is 0.274 e. The van der Waals surface area contributed by atoms with Crippen molar-refractivity contribution in [2.45, 2.75) is 38.1 Å². The Kier molecular flexibility index (Phi) is 4.80. The fraction of sp³-hybridized carbons (Fsp3) is 0.412. The number of aryl methyl sites for hydroxylation is 1. The minimum Gasteiger partial charge on any atom is -0.334 e. The van der Waals surface area contributed by atoms with Gasteiger partial charge in [0.05, 0.1) is 6.20 Å². The van der Waals surface area contributed by atoms with E-state index in [2.05, 4.69) is 15.0 Å². The van der Waals surface area contributed by atoms with Crippen LogP contribution in [0.25, 0.3) is 0 Å². The number of aromatic amines is 1. The summed E-state index contributed by atoms with van der Waals surface area (Å²) in [5.41, 5.74) is 1.05. The summed E-state index contributed by atoms with van der Waals surface area (Å²) in [6.45, 7) is 0.743. The molecule has 1 aliphatic heterocycles. The molecule has 120 valence electrons. The van der Waals surface area contributed by atoms with Gasteiger partial charge < -0.3 is 9.88 Å². The zero-order valence-electron chi connectivity index (χ0n) is 12.9. The summed E-state index contributed by atoms with van der Waals surface area (Å²) in [5, 5.41) is 0. The Bertz CT molecular complexity index is 694. The predicted octanol–water partition coefficient (Wildman–Crippen LogP) is 1.79. The Morgan fingerprint density at radius 2 is 2.22 bits per heavy atom. The standard InChI is InChI=1S/C17H20N4O2/c22-16-12-19-15(11-20-16)17(23)21-10-4-2-6-14(21)8-7-13-5-1-3-9-18-13/h1,3,5,9,11-12,14H,2,4,6-8,10H2,(H,20,22)/t14-/m1/s1. The molecule has 6 nitrogen and oxygen atoms in total. The quantitative estimate of drug-likeness (QED) is 0.933. The third kappa shape index (κ3) is 3.83. The number of carbonyl (C=O) groups is 1. The maximum atomic E-state index is 12.7. The van der Waals surface area contributed by atoms with E-state index < -0.39 is 0 Å². The predicted molar refractivity (Wildman–Crippen MR) is 86.1 cm³/mol. The van der Waals surface area contributed by atoms with Gasteiger partial charge in [0.1, 0.15) is 5.69 Å². The fourth-order valence-corrected chi connectivity index (χ4v) is 3.03. The summed E-state index contributed by atoms with van der Waals surface area (Å²) in [5.74, 6) is -0.105. The topological polar surface area (TPSA) is 79.0 Å². The molecule has 2 aromatic heterocycles. The summed E-state index contributed by atoms with van der Waals surface area (Å²) in [4.78, 5) is 36.5. The lowest BCUT2D eigenvalue weighted by Gasteiger charge is -2.35. The molecule has 2 aromatic rings. The number of rotatable bonds is 4. The molecular weight excluding hydrogens is 292 g/mol. The van der Waals surface area contributed by atoms with Crippen molar-refractivity contribution in [3.05, 3.63) is 58.5 Å². The lowest BCUT2D eigenvalue weighted by atomic mass is 9.96. The summed E-state index contributed by atoms with van der Waals surface area (Å²) >= 11 is 0. The molecule has 1 saturated heterocycles. The van der Waals surface area contributed by atoms with E-state index in [0.717, 1.165) is 50.5 Å². The first-order valence-electron chi connectivity index (χ1n) is 7.99. The minimum atomic E-state index is -0.299. The van der Waals surface area contributed by atoms with E-state index in [9.17, 15) is 9.59 Å². The molecule has 0 saturated carbocycles. The average molecular weight is 312 g/mol. The van der Waals surface area contributed by atoms with Crippen LogP contribution in [0.1, 0.15) is 41.9 Å². The van der Waals surface area contributed by atoms with Crippen LogP contribution in [0.15, 0.2) is 41.6 Å². The zero-order valence-corrected chi connectivity index (χ0v) is 12.9. The molecule has 0 aliphatic carbocycles. The Hall–Kier alpha value is -2.50. The van der Waals surface area contributed by atoms with Crippen LogP contribution in [0.2, 0.25) is 0 Å². The van der Waals surface area contributed by atoms with E-state index in [0.29, 0.717) is 5.69 Å². The number of aromatic nitrogens is 3. The molecule has 1 fully saturated rings. The van der Waals surface area contributed by atoms with E-state index >= 15 is 0 Å². The van der Waals surface area contributed by atoms with Crippen LogP contribution in [-0.2, 0) is 6.42 Å². The van der Waals surface area contributed by atoms with Crippen LogP contribution in [0.4, 0.5) is 0 Å². The van der Waals surface area contributed by atoms with Crippen LogP contribution in [0.3, 0.4) is 0 Å². The van der Waals surface area contributed by atoms with Crippen molar-refractivity contribution >= 4 is 5.91 Å². The molecule has 1 amide bonds. The number of likely N-dealkylation sites (tertiary alicyclic amines) is 1. The minimum absolute atomic E-state index is 0.105. The number of hydrogen-bond donors (Lipinski definition) is 1. The first-order valence-corrected chi connectivity index (χ1v) is 7.99. The van der Waals surface area contributed by atoms with Gasteiger partial charge in [-0.2, -0.15) is 0 Å². The molecule has 0 bridgehead atoms. The van der Waals surface area contributed by atoms with E-state index in [4.69, 9.17) is 0 Å². The van der Waals surface area contributed by atoms with Crippen molar-refractivity contribution in [1.82, 2.24) is 19.9 Å². The lowest BCUT2D eigenvalue weighted by Crippen LogP contribution is -2.44. The van der Waals surface area contributed by atoms with Crippen molar-refractivity contribution in [1.29, 1.82) is 0 Å². The third-order valence-corrected chi connectivity index (χ3v) is 4.24. The van der Waals surface area contributed by atoms with Crippen LogP contribution in [0.5, 0.6) is 0 Å². The van der Waals surface area contributed by atoms with Gasteiger partial charge >= 0.3 is 0 Å². The Balaban J connectivity index is 1.69. The second-order valence-electron chi connectivity index (χ2n) is 5.80. The van der Waals surface area contributed by atoms with Gasteiger partial charge in [0.2, 0.25) is 0 Å². The zero-order chi connectivity index (χ0) is 16.1. The number of nitrogens with zero attached hydrogens (tertiary/aromatic N) is 3. The third-order valence-electron chi connectivity index (χ3n) is 4.24. The first-order chi connectivity index (χ1) is 11.2. The molecule has 0 spiro atoms. The van der Waals surface area contributed by atoms with E-state index in [1.165, 1.54) is 6.20 Å². The summed E-state index contributed by atoms with van der Waals surface area (Å²) < 4.78 is 0. The molecule has 0 unspecified atom stereocenters. The summed E-state index contributed by atoms with van der Waals surface area (Å²) in [6.07, 6.45) is 9.24. The highest BCUT2D eigenvalue weighted by molar-refractivity contribution is 5.92. The molecule has 1 aliphatic rings. The number of hydrogen-bond acceptors (Lipinski definition) is 4. The fourth-order valence-electron chi connectivity index (χ4n) is 3.03. The molecule has 3 heterocycles. The molecule has 3 rings (SSSR count). The van der Waals surface area contributed by atoms with Crippen LogP contribution < -0.4 is 5.56 Å². The van der Waals surface area contributed by atoms with Crippen LogP contribution in [-0.4, -0.2) is 38.3 Å². The molecule has 6 heteroatoms. The first kappa shape index (κ1) is 15.4.